The summed E-state index contributed by atoms with van der Waals surface area (Å²) in [7, 11) is 0. The van der Waals surface area contributed by atoms with Gasteiger partial charge in [-0.15, -0.1) is 11.8 Å². The van der Waals surface area contributed by atoms with Gasteiger partial charge in [0, 0.05) is 22.9 Å². The maximum Gasteiger partial charge on any atom is 0.271 e. The van der Waals surface area contributed by atoms with E-state index in [9.17, 15) is 14.9 Å². The van der Waals surface area contributed by atoms with Gasteiger partial charge in [-0.1, -0.05) is 35.3 Å². The maximum atomic E-state index is 11.9. The van der Waals surface area contributed by atoms with Crippen molar-refractivity contribution in [3.63, 3.8) is 0 Å². The number of benzene rings is 2. The zero-order valence-electron chi connectivity index (χ0n) is 11.8. The Morgan fingerprint density at radius 3 is 2.70 bits per heavy atom. The number of carbonyl (C=O) groups excluding carboxylic acids is 1. The Bertz CT molecular complexity index is 740. The minimum Gasteiger partial charge on any atom is -0.324 e. The number of anilines is 1. The SMILES string of the molecule is O=C(CSCc1cccc(Cl)c1)Nc1cc([N+](=O)[O-])ccc1Cl. The Morgan fingerprint density at radius 1 is 1.22 bits per heavy atom. The van der Waals surface area contributed by atoms with Crippen LogP contribution in [0.5, 0.6) is 0 Å². The molecule has 0 aliphatic heterocycles. The summed E-state index contributed by atoms with van der Waals surface area (Å²) < 4.78 is 0. The largest absolute Gasteiger partial charge is 0.324 e. The van der Waals surface area contributed by atoms with Crippen LogP contribution in [0.4, 0.5) is 11.4 Å². The molecule has 0 spiro atoms. The van der Waals surface area contributed by atoms with E-state index in [0.29, 0.717) is 10.8 Å². The van der Waals surface area contributed by atoms with E-state index in [1.165, 1.54) is 30.0 Å². The van der Waals surface area contributed by atoms with Gasteiger partial charge in [0.05, 0.1) is 21.4 Å². The van der Waals surface area contributed by atoms with E-state index in [0.717, 1.165) is 5.56 Å². The first-order chi connectivity index (χ1) is 11.0. The van der Waals surface area contributed by atoms with Crippen LogP contribution in [-0.4, -0.2) is 16.6 Å². The van der Waals surface area contributed by atoms with Crippen molar-refractivity contribution in [1.29, 1.82) is 0 Å². The normalized spacial score (nSPS) is 10.3. The highest BCUT2D eigenvalue weighted by atomic mass is 35.5. The van der Waals surface area contributed by atoms with Crippen molar-refractivity contribution in [2.75, 3.05) is 11.1 Å². The van der Waals surface area contributed by atoms with Crippen LogP contribution < -0.4 is 5.32 Å². The second-order valence-electron chi connectivity index (χ2n) is 4.59. The number of amides is 1. The van der Waals surface area contributed by atoms with Crippen LogP contribution in [0.3, 0.4) is 0 Å². The summed E-state index contributed by atoms with van der Waals surface area (Å²) in [6.45, 7) is 0. The molecule has 0 aromatic heterocycles. The Kier molecular flexibility index (Phi) is 6.27. The summed E-state index contributed by atoms with van der Waals surface area (Å²) >= 11 is 13.2. The first-order valence-electron chi connectivity index (χ1n) is 6.51. The van der Waals surface area contributed by atoms with E-state index in [1.807, 2.05) is 18.2 Å². The minimum atomic E-state index is -0.542. The molecule has 2 rings (SSSR count). The number of nitrogens with one attached hydrogen (secondary N) is 1. The Hall–Kier alpha value is -1.76. The van der Waals surface area contributed by atoms with Crippen molar-refractivity contribution in [2.24, 2.45) is 0 Å². The average Bonchev–Trinajstić information content (AvgIpc) is 2.49. The summed E-state index contributed by atoms with van der Waals surface area (Å²) in [4.78, 5) is 22.1. The molecule has 5 nitrogen and oxygen atoms in total. The van der Waals surface area contributed by atoms with Crippen LogP contribution in [0.25, 0.3) is 0 Å². The summed E-state index contributed by atoms with van der Waals surface area (Å²) in [5.74, 6) is 0.557. The fourth-order valence-electron chi connectivity index (χ4n) is 1.80. The van der Waals surface area contributed by atoms with Crippen LogP contribution in [0, 0.1) is 10.1 Å². The van der Waals surface area contributed by atoms with Crippen LogP contribution in [0.1, 0.15) is 5.56 Å². The molecule has 0 atom stereocenters. The molecule has 0 saturated carbocycles. The molecule has 0 saturated heterocycles. The van der Waals surface area contributed by atoms with Crippen LogP contribution in [0.15, 0.2) is 42.5 Å². The van der Waals surface area contributed by atoms with E-state index in [4.69, 9.17) is 23.2 Å². The fraction of sp³-hybridized carbons (Fsp3) is 0.133. The summed E-state index contributed by atoms with van der Waals surface area (Å²) in [5, 5.41) is 14.2. The van der Waals surface area contributed by atoms with Gasteiger partial charge in [-0.25, -0.2) is 0 Å². The van der Waals surface area contributed by atoms with E-state index < -0.39 is 4.92 Å². The van der Waals surface area contributed by atoms with Crippen molar-refractivity contribution in [3.05, 3.63) is 68.2 Å². The third-order valence-electron chi connectivity index (χ3n) is 2.83. The zero-order chi connectivity index (χ0) is 16.8. The van der Waals surface area contributed by atoms with Crippen molar-refractivity contribution in [3.8, 4) is 0 Å². The van der Waals surface area contributed by atoms with Gasteiger partial charge in [0.2, 0.25) is 5.91 Å². The molecule has 0 bridgehead atoms. The molecular formula is C15H12Cl2N2O3S. The summed E-state index contributed by atoms with van der Waals surface area (Å²) in [6, 6.07) is 11.3. The predicted octanol–water partition coefficient (Wildman–Crippen LogP) is 4.77. The van der Waals surface area contributed by atoms with Gasteiger partial charge in [-0.05, 0) is 23.8 Å². The van der Waals surface area contributed by atoms with Gasteiger partial charge >= 0.3 is 0 Å². The Balaban J connectivity index is 1.90. The maximum absolute atomic E-state index is 11.9. The topological polar surface area (TPSA) is 72.2 Å². The summed E-state index contributed by atoms with van der Waals surface area (Å²) in [5.41, 5.74) is 1.12. The van der Waals surface area contributed by atoms with E-state index in [-0.39, 0.29) is 28.1 Å². The minimum absolute atomic E-state index is 0.128. The first kappa shape index (κ1) is 17.6. The van der Waals surface area contributed by atoms with Crippen molar-refractivity contribution >= 4 is 52.2 Å². The number of carbonyl (C=O) groups is 1. The smallest absolute Gasteiger partial charge is 0.271 e. The van der Waals surface area contributed by atoms with Gasteiger partial charge in [0.25, 0.3) is 5.69 Å². The molecule has 0 aliphatic rings. The molecule has 0 heterocycles. The molecular weight excluding hydrogens is 359 g/mol. The number of thioether (sulfide) groups is 1. The molecule has 120 valence electrons. The second kappa shape index (κ2) is 8.19. The van der Waals surface area contributed by atoms with E-state index in [1.54, 1.807) is 6.07 Å². The van der Waals surface area contributed by atoms with Gasteiger partial charge in [-0.3, -0.25) is 14.9 Å². The van der Waals surface area contributed by atoms with Gasteiger partial charge < -0.3 is 5.32 Å². The van der Waals surface area contributed by atoms with E-state index in [2.05, 4.69) is 5.32 Å². The van der Waals surface area contributed by atoms with Crippen molar-refractivity contribution in [2.45, 2.75) is 5.75 Å². The Labute approximate surface area is 147 Å². The molecule has 0 fully saturated rings. The predicted molar refractivity (Wildman–Crippen MR) is 94.4 cm³/mol. The third-order valence-corrected chi connectivity index (χ3v) is 4.39. The third kappa shape index (κ3) is 5.42. The molecule has 0 radical (unpaired) electrons. The number of nitro groups is 1. The lowest BCUT2D eigenvalue weighted by atomic mass is 10.2. The van der Waals surface area contributed by atoms with Crippen LogP contribution in [0.2, 0.25) is 10.0 Å². The molecule has 0 unspecified atom stereocenters. The van der Waals surface area contributed by atoms with Crippen molar-refractivity contribution < 1.29 is 9.72 Å². The second-order valence-corrected chi connectivity index (χ2v) is 6.42. The summed E-state index contributed by atoms with van der Waals surface area (Å²) in [6.07, 6.45) is 0. The number of nitro benzene ring substituents is 1. The number of non-ortho nitro benzene ring substituents is 1. The quantitative estimate of drug-likeness (QED) is 0.586. The number of hydrogen-bond donors (Lipinski definition) is 1. The molecule has 23 heavy (non-hydrogen) atoms. The molecule has 1 N–H and O–H groups in total. The lowest BCUT2D eigenvalue weighted by Crippen LogP contribution is -2.14. The number of nitrogens with zero attached hydrogens (tertiary/aromatic N) is 1. The zero-order valence-corrected chi connectivity index (χ0v) is 14.1. The Morgan fingerprint density at radius 2 is 2.00 bits per heavy atom. The monoisotopic (exact) mass is 370 g/mol. The fourth-order valence-corrected chi connectivity index (χ4v) is 2.95. The van der Waals surface area contributed by atoms with Gasteiger partial charge in [0.1, 0.15) is 0 Å². The molecule has 1 amide bonds. The highest BCUT2D eigenvalue weighted by molar-refractivity contribution is 7.99. The van der Waals surface area contributed by atoms with Crippen LogP contribution in [-0.2, 0) is 10.5 Å². The van der Waals surface area contributed by atoms with Crippen molar-refractivity contribution in [1.82, 2.24) is 0 Å². The highest BCUT2D eigenvalue weighted by Gasteiger charge is 2.12. The standard InChI is InChI=1S/C15H12Cl2N2O3S/c16-11-3-1-2-10(6-11)8-23-9-15(20)18-14-7-12(19(21)22)4-5-13(14)17/h1-7H,8-9H2,(H,18,20). The lowest BCUT2D eigenvalue weighted by Gasteiger charge is -2.07. The van der Waals surface area contributed by atoms with E-state index >= 15 is 0 Å². The molecule has 0 aliphatic carbocycles. The molecule has 2 aromatic rings. The first-order valence-corrected chi connectivity index (χ1v) is 8.43. The van der Waals surface area contributed by atoms with Gasteiger partial charge in [0.15, 0.2) is 0 Å². The number of rotatable bonds is 6. The molecule has 2 aromatic carbocycles. The highest BCUT2D eigenvalue weighted by Crippen LogP contribution is 2.27. The van der Waals surface area contributed by atoms with Gasteiger partial charge in [-0.2, -0.15) is 0 Å². The lowest BCUT2D eigenvalue weighted by molar-refractivity contribution is -0.384. The number of halogens is 2. The number of hydrogen-bond acceptors (Lipinski definition) is 4. The molecule has 8 heteroatoms. The van der Waals surface area contributed by atoms with Crippen LogP contribution >= 0.6 is 35.0 Å². The average molecular weight is 371 g/mol.